The third-order valence-electron chi connectivity index (χ3n) is 5.31. The normalized spacial score (nSPS) is 11.2. The largest absolute Gasteiger partial charge is 0.464 e. The van der Waals surface area contributed by atoms with Crippen molar-refractivity contribution < 1.29 is 9.21 Å². The fraction of sp³-hybridized carbons (Fsp3) is 0.167. The number of hydrogen-bond donors (Lipinski definition) is 1. The van der Waals surface area contributed by atoms with Gasteiger partial charge >= 0.3 is 0 Å². The van der Waals surface area contributed by atoms with Crippen LogP contribution in [0.25, 0.3) is 22.4 Å². The van der Waals surface area contributed by atoms with Crippen LogP contribution in [-0.2, 0) is 17.9 Å². The molecule has 0 saturated carbocycles. The Kier molecular flexibility index (Phi) is 5.03. The predicted octanol–water partition coefficient (Wildman–Crippen LogP) is 4.19. The number of pyridine rings is 1. The molecular weight excluding hydrogens is 404 g/mol. The SMILES string of the molecule is Cc1nn(CC(=O)Nc2cc(C)n(Cc3ccccc3)n2)c2nccc(-c3ccco3)c12. The molecule has 0 spiro atoms. The van der Waals surface area contributed by atoms with E-state index in [-0.39, 0.29) is 12.5 Å². The van der Waals surface area contributed by atoms with Crippen molar-refractivity contribution in [1.29, 1.82) is 0 Å². The second-order valence-corrected chi connectivity index (χ2v) is 7.64. The fourth-order valence-corrected chi connectivity index (χ4v) is 3.84. The van der Waals surface area contributed by atoms with Gasteiger partial charge in [-0.1, -0.05) is 30.3 Å². The highest BCUT2D eigenvalue weighted by Gasteiger charge is 2.17. The molecule has 8 heteroatoms. The van der Waals surface area contributed by atoms with Crippen LogP contribution in [-0.4, -0.2) is 30.5 Å². The number of benzene rings is 1. The van der Waals surface area contributed by atoms with E-state index in [1.165, 1.54) is 0 Å². The molecule has 160 valence electrons. The van der Waals surface area contributed by atoms with Crippen LogP contribution < -0.4 is 5.32 Å². The number of hydrogen-bond acceptors (Lipinski definition) is 5. The van der Waals surface area contributed by atoms with Gasteiger partial charge in [-0.25, -0.2) is 9.67 Å². The average Bonchev–Trinajstić information content (AvgIpc) is 3.50. The molecule has 4 aromatic heterocycles. The third kappa shape index (κ3) is 3.78. The molecule has 8 nitrogen and oxygen atoms in total. The highest BCUT2D eigenvalue weighted by molar-refractivity contribution is 5.95. The monoisotopic (exact) mass is 426 g/mol. The quantitative estimate of drug-likeness (QED) is 0.440. The summed E-state index contributed by atoms with van der Waals surface area (Å²) < 4.78 is 9.04. The molecule has 1 N–H and O–H groups in total. The van der Waals surface area contributed by atoms with Crippen molar-refractivity contribution >= 4 is 22.8 Å². The molecule has 0 aliphatic heterocycles. The Hall–Kier alpha value is -4.20. The van der Waals surface area contributed by atoms with Gasteiger partial charge in [0.05, 0.1) is 23.9 Å². The first-order chi connectivity index (χ1) is 15.6. The van der Waals surface area contributed by atoms with E-state index in [0.29, 0.717) is 18.0 Å². The topological polar surface area (TPSA) is 90.8 Å². The van der Waals surface area contributed by atoms with Crippen LogP contribution >= 0.6 is 0 Å². The second kappa shape index (κ2) is 8.14. The van der Waals surface area contributed by atoms with E-state index in [9.17, 15) is 4.79 Å². The minimum absolute atomic E-state index is 0.0313. The molecule has 0 fully saturated rings. The molecule has 0 aliphatic rings. The first kappa shape index (κ1) is 19.7. The van der Waals surface area contributed by atoms with Crippen molar-refractivity contribution in [1.82, 2.24) is 24.5 Å². The maximum Gasteiger partial charge on any atom is 0.247 e. The van der Waals surface area contributed by atoms with Gasteiger partial charge in [0.25, 0.3) is 0 Å². The number of nitrogens with zero attached hydrogens (tertiary/aromatic N) is 5. The zero-order valence-electron chi connectivity index (χ0n) is 17.8. The van der Waals surface area contributed by atoms with E-state index in [0.717, 1.165) is 33.7 Å². The second-order valence-electron chi connectivity index (χ2n) is 7.64. The van der Waals surface area contributed by atoms with Gasteiger partial charge in [0.1, 0.15) is 12.3 Å². The Bertz CT molecular complexity index is 1380. The van der Waals surface area contributed by atoms with Crippen molar-refractivity contribution in [3.05, 3.63) is 84.0 Å². The zero-order chi connectivity index (χ0) is 22.1. The van der Waals surface area contributed by atoms with Crippen molar-refractivity contribution in [2.45, 2.75) is 26.9 Å². The molecule has 0 bridgehead atoms. The number of anilines is 1. The number of nitrogens with one attached hydrogen (secondary N) is 1. The molecule has 1 aromatic carbocycles. The smallest absolute Gasteiger partial charge is 0.247 e. The fourth-order valence-electron chi connectivity index (χ4n) is 3.84. The van der Waals surface area contributed by atoms with E-state index >= 15 is 0 Å². The van der Waals surface area contributed by atoms with Gasteiger partial charge in [0.2, 0.25) is 5.91 Å². The van der Waals surface area contributed by atoms with Crippen LogP contribution in [0, 0.1) is 13.8 Å². The first-order valence-electron chi connectivity index (χ1n) is 10.3. The lowest BCUT2D eigenvalue weighted by molar-refractivity contribution is -0.116. The summed E-state index contributed by atoms with van der Waals surface area (Å²) in [5.74, 6) is 1.04. The first-order valence-corrected chi connectivity index (χ1v) is 10.3. The summed E-state index contributed by atoms with van der Waals surface area (Å²) in [7, 11) is 0. The minimum atomic E-state index is -0.219. The van der Waals surface area contributed by atoms with E-state index in [4.69, 9.17) is 4.42 Å². The average molecular weight is 426 g/mol. The van der Waals surface area contributed by atoms with Gasteiger partial charge < -0.3 is 9.73 Å². The number of aromatic nitrogens is 5. The summed E-state index contributed by atoms with van der Waals surface area (Å²) in [4.78, 5) is 17.2. The van der Waals surface area contributed by atoms with E-state index in [2.05, 4.69) is 32.6 Å². The maximum atomic E-state index is 12.8. The molecule has 0 aliphatic carbocycles. The van der Waals surface area contributed by atoms with Gasteiger partial charge in [0.15, 0.2) is 11.5 Å². The van der Waals surface area contributed by atoms with Crippen LogP contribution in [0.15, 0.2) is 71.5 Å². The standard InChI is InChI=1S/C24H22N6O2/c1-16-13-21(28-29(16)14-18-7-4-3-5-8-18)26-22(31)15-30-24-23(17(2)27-30)19(10-11-25-24)20-9-6-12-32-20/h3-13H,14-15H2,1-2H3,(H,26,28,31). The maximum absolute atomic E-state index is 12.8. The molecule has 32 heavy (non-hydrogen) atoms. The highest BCUT2D eigenvalue weighted by Crippen LogP contribution is 2.30. The van der Waals surface area contributed by atoms with Gasteiger partial charge in [-0.3, -0.25) is 9.48 Å². The van der Waals surface area contributed by atoms with Crippen molar-refractivity contribution in [3.63, 3.8) is 0 Å². The summed E-state index contributed by atoms with van der Waals surface area (Å²) in [6.07, 6.45) is 3.33. The van der Waals surface area contributed by atoms with Gasteiger partial charge in [-0.15, -0.1) is 0 Å². The summed E-state index contributed by atoms with van der Waals surface area (Å²) in [6.45, 7) is 4.55. The lowest BCUT2D eigenvalue weighted by Gasteiger charge is -2.05. The van der Waals surface area contributed by atoms with Gasteiger partial charge in [-0.05, 0) is 37.6 Å². The number of furan rings is 1. The number of carbonyl (C=O) groups excluding carboxylic acids is 1. The van der Waals surface area contributed by atoms with Crippen LogP contribution in [0.4, 0.5) is 5.82 Å². The number of fused-ring (bicyclic) bond motifs is 1. The Morgan fingerprint density at radius 2 is 1.88 bits per heavy atom. The predicted molar refractivity (Wildman–Crippen MR) is 121 cm³/mol. The summed E-state index contributed by atoms with van der Waals surface area (Å²) in [5, 5.41) is 12.8. The lowest BCUT2D eigenvalue weighted by Crippen LogP contribution is -2.20. The Morgan fingerprint density at radius 3 is 2.66 bits per heavy atom. The molecule has 5 rings (SSSR count). The number of aryl methyl sites for hydroxylation is 2. The summed E-state index contributed by atoms with van der Waals surface area (Å²) in [6, 6.07) is 17.6. The van der Waals surface area contributed by atoms with Gasteiger partial charge in [0, 0.05) is 23.5 Å². The van der Waals surface area contributed by atoms with Gasteiger partial charge in [-0.2, -0.15) is 10.2 Å². The Labute approximate surface area is 184 Å². The number of carbonyl (C=O) groups is 1. The Morgan fingerprint density at radius 1 is 1.03 bits per heavy atom. The minimum Gasteiger partial charge on any atom is -0.464 e. The molecule has 0 unspecified atom stereocenters. The highest BCUT2D eigenvalue weighted by atomic mass is 16.3. The molecule has 1 amide bonds. The molecular formula is C24H22N6O2. The van der Waals surface area contributed by atoms with Crippen molar-refractivity contribution in [2.24, 2.45) is 0 Å². The van der Waals surface area contributed by atoms with Crippen LogP contribution in [0.5, 0.6) is 0 Å². The third-order valence-corrected chi connectivity index (χ3v) is 5.31. The van der Waals surface area contributed by atoms with E-state index in [1.54, 1.807) is 17.1 Å². The van der Waals surface area contributed by atoms with Crippen molar-refractivity contribution in [3.8, 4) is 11.3 Å². The van der Waals surface area contributed by atoms with Crippen LogP contribution in [0.1, 0.15) is 17.0 Å². The molecule has 4 heterocycles. The number of amides is 1. The molecule has 0 radical (unpaired) electrons. The van der Waals surface area contributed by atoms with Crippen LogP contribution in [0.3, 0.4) is 0 Å². The zero-order valence-corrected chi connectivity index (χ0v) is 17.8. The van der Waals surface area contributed by atoms with Crippen LogP contribution in [0.2, 0.25) is 0 Å². The lowest BCUT2D eigenvalue weighted by atomic mass is 10.1. The van der Waals surface area contributed by atoms with E-state index < -0.39 is 0 Å². The summed E-state index contributed by atoms with van der Waals surface area (Å²) in [5.41, 5.74) is 4.44. The summed E-state index contributed by atoms with van der Waals surface area (Å²) >= 11 is 0. The van der Waals surface area contributed by atoms with E-state index in [1.807, 2.05) is 61.0 Å². The molecule has 5 aromatic rings. The molecule has 0 atom stereocenters. The van der Waals surface area contributed by atoms with Crippen molar-refractivity contribution in [2.75, 3.05) is 5.32 Å². The molecule has 0 saturated heterocycles. The number of rotatable bonds is 6. The Balaban J connectivity index is 1.35.